The topological polar surface area (TPSA) is 70.7 Å². The summed E-state index contributed by atoms with van der Waals surface area (Å²) < 4.78 is 5.10. The molecule has 2 N–H and O–H groups in total. The molecule has 1 heterocycles. The zero-order valence-electron chi connectivity index (χ0n) is 12.4. The molecular weight excluding hydrogens is 270 g/mol. The molecular formula is C15H21N3O3. The van der Waals surface area contributed by atoms with E-state index in [1.54, 1.807) is 12.0 Å². The molecule has 1 saturated heterocycles. The van der Waals surface area contributed by atoms with Gasteiger partial charge in [0.2, 0.25) is 5.91 Å². The summed E-state index contributed by atoms with van der Waals surface area (Å²) in [5.41, 5.74) is 0.819. The van der Waals surface area contributed by atoms with Crippen molar-refractivity contribution in [2.45, 2.75) is 25.8 Å². The lowest BCUT2D eigenvalue weighted by molar-refractivity contribution is -0.117. The smallest absolute Gasteiger partial charge is 0.315 e. The van der Waals surface area contributed by atoms with Crippen LogP contribution in [0.4, 0.5) is 10.5 Å². The Morgan fingerprint density at radius 1 is 1.38 bits per heavy atom. The lowest BCUT2D eigenvalue weighted by Gasteiger charge is -2.17. The molecule has 1 aliphatic rings. The van der Waals surface area contributed by atoms with Crippen LogP contribution < -0.4 is 20.3 Å². The fourth-order valence-electron chi connectivity index (χ4n) is 2.29. The van der Waals surface area contributed by atoms with Gasteiger partial charge in [-0.15, -0.1) is 0 Å². The number of urea groups is 1. The van der Waals surface area contributed by atoms with Crippen molar-refractivity contribution < 1.29 is 14.3 Å². The second-order valence-corrected chi connectivity index (χ2v) is 5.00. The minimum atomic E-state index is -0.216. The van der Waals surface area contributed by atoms with E-state index in [0.717, 1.165) is 17.9 Å². The minimum Gasteiger partial charge on any atom is -0.497 e. The maximum absolute atomic E-state index is 12.1. The van der Waals surface area contributed by atoms with Crippen LogP contribution in [0.5, 0.6) is 5.75 Å². The Kier molecular flexibility index (Phi) is 5.03. The van der Waals surface area contributed by atoms with Crippen LogP contribution in [0.25, 0.3) is 0 Å². The number of ether oxygens (including phenoxy) is 1. The van der Waals surface area contributed by atoms with Gasteiger partial charge < -0.3 is 20.3 Å². The van der Waals surface area contributed by atoms with Gasteiger partial charge in [0.1, 0.15) is 5.75 Å². The average Bonchev–Trinajstić information content (AvgIpc) is 2.85. The number of carbonyl (C=O) groups is 2. The number of hydrogen-bond donors (Lipinski definition) is 2. The van der Waals surface area contributed by atoms with E-state index >= 15 is 0 Å². The van der Waals surface area contributed by atoms with Crippen molar-refractivity contribution in [2.24, 2.45) is 0 Å². The zero-order valence-corrected chi connectivity index (χ0v) is 12.4. The summed E-state index contributed by atoms with van der Waals surface area (Å²) in [6, 6.07) is 6.95. The predicted octanol–water partition coefficient (Wildman–Crippen LogP) is 1.51. The molecule has 0 unspecified atom stereocenters. The molecule has 0 spiro atoms. The van der Waals surface area contributed by atoms with Crippen LogP contribution >= 0.6 is 0 Å². The summed E-state index contributed by atoms with van der Waals surface area (Å²) in [5, 5.41) is 5.58. The van der Waals surface area contributed by atoms with Crippen LogP contribution in [0, 0.1) is 0 Å². The molecule has 0 aromatic heterocycles. The van der Waals surface area contributed by atoms with Crippen molar-refractivity contribution in [3.05, 3.63) is 24.3 Å². The highest BCUT2D eigenvalue weighted by Crippen LogP contribution is 2.24. The van der Waals surface area contributed by atoms with Gasteiger partial charge in [-0.2, -0.15) is 0 Å². The van der Waals surface area contributed by atoms with Crippen LogP contribution in [0.2, 0.25) is 0 Å². The van der Waals surface area contributed by atoms with Crippen LogP contribution in [0.1, 0.15) is 19.8 Å². The molecule has 3 amide bonds. The Balaban J connectivity index is 1.94. The van der Waals surface area contributed by atoms with Gasteiger partial charge in [0.05, 0.1) is 13.2 Å². The molecule has 0 aliphatic carbocycles. The normalized spacial score (nSPS) is 17.7. The van der Waals surface area contributed by atoms with Gasteiger partial charge >= 0.3 is 6.03 Å². The number of nitrogens with one attached hydrogen (secondary N) is 2. The SMILES string of the molecule is CCCNC(=O)N[C@H]1CC(=O)N(c2ccc(OC)cc2)C1. The maximum atomic E-state index is 12.1. The van der Waals surface area contributed by atoms with Crippen LogP contribution in [-0.4, -0.2) is 38.2 Å². The molecule has 0 bridgehead atoms. The number of hydrogen-bond acceptors (Lipinski definition) is 3. The fraction of sp³-hybridized carbons (Fsp3) is 0.467. The number of benzene rings is 1. The Labute approximate surface area is 124 Å². The lowest BCUT2D eigenvalue weighted by atomic mass is 10.2. The van der Waals surface area contributed by atoms with Crippen LogP contribution in [0.15, 0.2) is 24.3 Å². The third kappa shape index (κ3) is 3.87. The summed E-state index contributed by atoms with van der Waals surface area (Å²) >= 11 is 0. The number of rotatable bonds is 5. The molecule has 1 aromatic rings. The van der Waals surface area contributed by atoms with E-state index < -0.39 is 0 Å². The summed E-state index contributed by atoms with van der Waals surface area (Å²) in [6.07, 6.45) is 1.21. The molecule has 6 heteroatoms. The van der Waals surface area contributed by atoms with Crippen molar-refractivity contribution in [1.82, 2.24) is 10.6 Å². The van der Waals surface area contributed by atoms with Gasteiger partial charge in [-0.25, -0.2) is 4.79 Å². The van der Waals surface area contributed by atoms with Crippen molar-refractivity contribution in [2.75, 3.05) is 25.1 Å². The van der Waals surface area contributed by atoms with E-state index in [0.29, 0.717) is 19.5 Å². The number of nitrogens with zero attached hydrogens (tertiary/aromatic N) is 1. The third-order valence-corrected chi connectivity index (χ3v) is 3.38. The van der Waals surface area contributed by atoms with Gasteiger partial charge in [-0.05, 0) is 30.7 Å². The summed E-state index contributed by atoms with van der Waals surface area (Å²) in [7, 11) is 1.60. The third-order valence-electron chi connectivity index (χ3n) is 3.38. The second kappa shape index (κ2) is 6.97. The summed E-state index contributed by atoms with van der Waals surface area (Å²) in [4.78, 5) is 25.4. The van der Waals surface area contributed by atoms with Gasteiger partial charge in [-0.1, -0.05) is 6.92 Å². The molecule has 1 aliphatic heterocycles. The Morgan fingerprint density at radius 3 is 2.71 bits per heavy atom. The molecule has 0 saturated carbocycles. The first-order valence-corrected chi connectivity index (χ1v) is 7.12. The molecule has 1 fully saturated rings. The van der Waals surface area contributed by atoms with Crippen molar-refractivity contribution in [1.29, 1.82) is 0 Å². The van der Waals surface area contributed by atoms with Crippen molar-refractivity contribution >= 4 is 17.6 Å². The molecule has 6 nitrogen and oxygen atoms in total. The Morgan fingerprint density at radius 2 is 2.10 bits per heavy atom. The minimum absolute atomic E-state index is 0.0148. The largest absolute Gasteiger partial charge is 0.497 e. The lowest BCUT2D eigenvalue weighted by Crippen LogP contribution is -2.43. The van der Waals surface area contributed by atoms with Gasteiger partial charge in [-0.3, -0.25) is 4.79 Å². The van der Waals surface area contributed by atoms with E-state index in [9.17, 15) is 9.59 Å². The first-order valence-electron chi connectivity index (χ1n) is 7.12. The predicted molar refractivity (Wildman–Crippen MR) is 80.6 cm³/mol. The Bertz CT molecular complexity index is 501. The van der Waals surface area contributed by atoms with E-state index in [1.807, 2.05) is 31.2 Å². The standard InChI is InChI=1S/C15H21N3O3/c1-3-8-16-15(20)17-11-9-14(19)18(10-11)12-4-6-13(21-2)7-5-12/h4-7,11H,3,8-10H2,1-2H3,(H2,16,17,20)/t11-/m0/s1. The number of carbonyl (C=O) groups excluding carboxylic acids is 2. The summed E-state index contributed by atoms with van der Waals surface area (Å²) in [5.74, 6) is 0.764. The van der Waals surface area contributed by atoms with E-state index in [1.165, 1.54) is 0 Å². The van der Waals surface area contributed by atoms with Crippen LogP contribution in [-0.2, 0) is 4.79 Å². The number of amides is 3. The second-order valence-electron chi connectivity index (χ2n) is 5.00. The molecule has 0 radical (unpaired) electrons. The average molecular weight is 291 g/mol. The first-order chi connectivity index (χ1) is 10.1. The number of methoxy groups -OCH3 is 1. The maximum Gasteiger partial charge on any atom is 0.315 e. The molecule has 21 heavy (non-hydrogen) atoms. The Hall–Kier alpha value is -2.24. The molecule has 1 aromatic carbocycles. The highest BCUT2D eigenvalue weighted by Gasteiger charge is 2.31. The molecule has 2 rings (SSSR count). The van der Waals surface area contributed by atoms with E-state index in [4.69, 9.17) is 4.74 Å². The first kappa shape index (κ1) is 15.2. The van der Waals surface area contributed by atoms with E-state index in [-0.39, 0.29) is 18.0 Å². The summed E-state index contributed by atoms with van der Waals surface area (Å²) in [6.45, 7) is 3.12. The zero-order chi connectivity index (χ0) is 15.2. The van der Waals surface area contributed by atoms with Crippen LogP contribution in [0.3, 0.4) is 0 Å². The van der Waals surface area contributed by atoms with Gasteiger partial charge in [0.25, 0.3) is 0 Å². The molecule has 114 valence electrons. The van der Waals surface area contributed by atoms with E-state index in [2.05, 4.69) is 10.6 Å². The van der Waals surface area contributed by atoms with Crippen molar-refractivity contribution in [3.63, 3.8) is 0 Å². The highest BCUT2D eigenvalue weighted by molar-refractivity contribution is 5.96. The van der Waals surface area contributed by atoms with Crippen molar-refractivity contribution in [3.8, 4) is 5.75 Å². The number of anilines is 1. The highest BCUT2D eigenvalue weighted by atomic mass is 16.5. The van der Waals surface area contributed by atoms with Gasteiger partial charge in [0.15, 0.2) is 0 Å². The van der Waals surface area contributed by atoms with Gasteiger partial charge in [0, 0.05) is 25.2 Å². The monoisotopic (exact) mass is 291 g/mol. The molecule has 1 atom stereocenters. The quantitative estimate of drug-likeness (QED) is 0.864. The fourth-order valence-corrected chi connectivity index (χ4v) is 2.29.